The first kappa shape index (κ1) is 21.6. The van der Waals surface area contributed by atoms with Crippen LogP contribution in [0.3, 0.4) is 0 Å². The van der Waals surface area contributed by atoms with E-state index in [4.69, 9.17) is 4.74 Å². The number of para-hydroxylation sites is 1. The monoisotopic (exact) mass is 454 g/mol. The molecule has 1 fully saturated rings. The minimum Gasteiger partial charge on any atom is -0.492 e. The zero-order chi connectivity index (χ0) is 22.2. The van der Waals surface area contributed by atoms with Gasteiger partial charge < -0.3 is 9.64 Å². The van der Waals surface area contributed by atoms with Crippen molar-refractivity contribution >= 4 is 15.9 Å². The maximum Gasteiger partial charge on any atom is 0.416 e. The second kappa shape index (κ2) is 8.16. The predicted molar refractivity (Wildman–Crippen MR) is 106 cm³/mol. The molecule has 4 rings (SSSR count). The number of rotatable bonds is 3. The molecule has 2 aliphatic heterocycles. The fourth-order valence-corrected chi connectivity index (χ4v) is 5.34. The first-order valence-corrected chi connectivity index (χ1v) is 11.3. The number of amides is 1. The second-order valence-electron chi connectivity index (χ2n) is 7.57. The van der Waals surface area contributed by atoms with Crippen molar-refractivity contribution in [1.82, 2.24) is 9.21 Å². The lowest BCUT2D eigenvalue weighted by molar-refractivity contribution is -0.138. The largest absolute Gasteiger partial charge is 0.492 e. The van der Waals surface area contributed by atoms with Gasteiger partial charge in [-0.15, -0.1) is 0 Å². The Labute approximate surface area is 178 Å². The summed E-state index contributed by atoms with van der Waals surface area (Å²) in [6.07, 6.45) is -4.07. The Balaban J connectivity index is 1.41. The van der Waals surface area contributed by atoms with E-state index in [9.17, 15) is 26.4 Å². The molecule has 1 amide bonds. The zero-order valence-corrected chi connectivity index (χ0v) is 17.3. The molecule has 0 N–H and O–H groups in total. The van der Waals surface area contributed by atoms with Crippen LogP contribution in [0.15, 0.2) is 53.4 Å². The van der Waals surface area contributed by atoms with E-state index in [2.05, 4.69) is 0 Å². The Morgan fingerprint density at radius 3 is 2.42 bits per heavy atom. The molecule has 0 radical (unpaired) electrons. The van der Waals surface area contributed by atoms with Crippen LogP contribution in [0, 0.1) is 5.92 Å². The van der Waals surface area contributed by atoms with Crippen LogP contribution in [0.2, 0.25) is 0 Å². The third kappa shape index (κ3) is 4.40. The van der Waals surface area contributed by atoms with Gasteiger partial charge in [-0.3, -0.25) is 4.79 Å². The molecule has 2 heterocycles. The van der Waals surface area contributed by atoms with Crippen LogP contribution in [0.5, 0.6) is 5.75 Å². The molecule has 2 aliphatic rings. The molecule has 0 aromatic heterocycles. The van der Waals surface area contributed by atoms with Crippen LogP contribution < -0.4 is 4.74 Å². The molecular weight excluding hydrogens is 433 g/mol. The molecule has 6 nitrogen and oxygen atoms in total. The van der Waals surface area contributed by atoms with E-state index in [1.165, 1.54) is 0 Å². The average Bonchev–Trinajstić information content (AvgIpc) is 2.78. The van der Waals surface area contributed by atoms with E-state index < -0.39 is 26.7 Å². The Kier molecular flexibility index (Phi) is 5.69. The van der Waals surface area contributed by atoms with Crippen molar-refractivity contribution in [3.05, 3.63) is 59.7 Å². The Bertz CT molecular complexity index is 1080. The Morgan fingerprint density at radius 2 is 1.71 bits per heavy atom. The summed E-state index contributed by atoms with van der Waals surface area (Å²) in [4.78, 5) is 14.1. The van der Waals surface area contributed by atoms with E-state index in [0.717, 1.165) is 33.8 Å². The predicted octanol–water partition coefficient (Wildman–Crippen LogP) is 2.79. The summed E-state index contributed by atoms with van der Waals surface area (Å²) in [5.74, 6) is 0.315. The van der Waals surface area contributed by atoms with Crippen LogP contribution >= 0.6 is 0 Å². The molecule has 1 saturated heterocycles. The van der Waals surface area contributed by atoms with E-state index in [0.29, 0.717) is 12.5 Å². The van der Waals surface area contributed by atoms with Crippen molar-refractivity contribution in [2.75, 3.05) is 32.8 Å². The fraction of sp³-hybridized carbons (Fsp3) is 0.381. The number of carbonyl (C=O) groups excluding carboxylic acids is 1. The molecule has 1 atom stereocenters. The normalized spacial score (nSPS) is 20.1. The smallest absolute Gasteiger partial charge is 0.416 e. The van der Waals surface area contributed by atoms with Gasteiger partial charge in [-0.05, 0) is 36.2 Å². The number of carbonyl (C=O) groups is 1. The van der Waals surface area contributed by atoms with Gasteiger partial charge in [0.1, 0.15) is 12.4 Å². The molecule has 31 heavy (non-hydrogen) atoms. The Morgan fingerprint density at radius 1 is 1.00 bits per heavy atom. The van der Waals surface area contributed by atoms with Crippen LogP contribution in [-0.2, 0) is 27.4 Å². The minimum absolute atomic E-state index is 0.0223. The molecule has 2 aromatic rings. The number of piperazine rings is 1. The lowest BCUT2D eigenvalue weighted by atomic mass is 9.95. The highest BCUT2D eigenvalue weighted by molar-refractivity contribution is 7.89. The van der Waals surface area contributed by atoms with Crippen LogP contribution in [-0.4, -0.2) is 56.3 Å². The molecule has 0 saturated carbocycles. The number of halogens is 3. The van der Waals surface area contributed by atoms with Gasteiger partial charge in [0.05, 0.1) is 16.4 Å². The summed E-state index contributed by atoms with van der Waals surface area (Å²) in [5.41, 5.74) is -0.0576. The SMILES string of the molecule is O=C([C@H]1COc2ccccc2C1)N1CCN(S(=O)(=O)c2cccc(C(F)(F)F)c2)CC1. The summed E-state index contributed by atoms with van der Waals surface area (Å²) in [6, 6.07) is 11.2. The standard InChI is InChI=1S/C21H21F3N2O4S/c22-21(23,24)17-5-3-6-18(13-17)31(28,29)26-10-8-25(9-11-26)20(27)16-12-15-4-1-2-7-19(15)30-14-16/h1-7,13,16H,8-12,14H2/t16-/m1/s1. The van der Waals surface area contributed by atoms with Gasteiger partial charge in [-0.1, -0.05) is 24.3 Å². The zero-order valence-electron chi connectivity index (χ0n) is 16.5. The van der Waals surface area contributed by atoms with Gasteiger partial charge in [-0.2, -0.15) is 17.5 Å². The minimum atomic E-state index is -4.63. The third-order valence-corrected chi connectivity index (χ3v) is 7.47. The molecule has 0 spiro atoms. The average molecular weight is 454 g/mol. The number of nitrogens with zero attached hydrogens (tertiary/aromatic N) is 2. The number of fused-ring (bicyclic) bond motifs is 1. The van der Waals surface area contributed by atoms with Crippen molar-refractivity contribution in [1.29, 1.82) is 0 Å². The van der Waals surface area contributed by atoms with Crippen molar-refractivity contribution in [3.8, 4) is 5.75 Å². The van der Waals surface area contributed by atoms with Crippen molar-refractivity contribution < 1.29 is 31.1 Å². The number of hydrogen-bond donors (Lipinski definition) is 0. The van der Waals surface area contributed by atoms with Gasteiger partial charge in [0, 0.05) is 26.2 Å². The van der Waals surface area contributed by atoms with E-state index in [1.807, 2.05) is 24.3 Å². The molecule has 10 heteroatoms. The van der Waals surface area contributed by atoms with Crippen molar-refractivity contribution in [3.63, 3.8) is 0 Å². The molecule has 2 aromatic carbocycles. The van der Waals surface area contributed by atoms with E-state index >= 15 is 0 Å². The molecule has 0 unspecified atom stereocenters. The summed E-state index contributed by atoms with van der Waals surface area (Å²) < 4.78 is 71.3. The summed E-state index contributed by atoms with van der Waals surface area (Å²) in [6.45, 7) is 0.659. The second-order valence-corrected chi connectivity index (χ2v) is 9.51. The van der Waals surface area contributed by atoms with Gasteiger partial charge in [0.25, 0.3) is 0 Å². The van der Waals surface area contributed by atoms with Crippen LogP contribution in [0.1, 0.15) is 11.1 Å². The van der Waals surface area contributed by atoms with E-state index in [-0.39, 0.29) is 44.6 Å². The number of alkyl halides is 3. The summed E-state index contributed by atoms with van der Waals surface area (Å²) in [5, 5.41) is 0. The van der Waals surface area contributed by atoms with Crippen LogP contribution in [0.25, 0.3) is 0 Å². The first-order chi connectivity index (χ1) is 14.7. The number of hydrogen-bond acceptors (Lipinski definition) is 4. The van der Waals surface area contributed by atoms with Crippen molar-refractivity contribution in [2.24, 2.45) is 5.92 Å². The maximum atomic E-state index is 12.9. The number of sulfonamides is 1. The topological polar surface area (TPSA) is 66.9 Å². The van der Waals surface area contributed by atoms with Crippen molar-refractivity contribution in [2.45, 2.75) is 17.5 Å². The summed E-state index contributed by atoms with van der Waals surface area (Å²) in [7, 11) is -4.09. The Hall–Kier alpha value is -2.59. The van der Waals surface area contributed by atoms with Gasteiger partial charge in [0.15, 0.2) is 0 Å². The maximum absolute atomic E-state index is 12.9. The first-order valence-electron chi connectivity index (χ1n) is 9.83. The summed E-state index contributed by atoms with van der Waals surface area (Å²) >= 11 is 0. The quantitative estimate of drug-likeness (QED) is 0.716. The highest BCUT2D eigenvalue weighted by Gasteiger charge is 2.36. The lowest BCUT2D eigenvalue weighted by Gasteiger charge is -2.36. The highest BCUT2D eigenvalue weighted by atomic mass is 32.2. The molecular formula is C21H21F3N2O4S. The highest BCUT2D eigenvalue weighted by Crippen LogP contribution is 2.32. The third-order valence-electron chi connectivity index (χ3n) is 5.58. The fourth-order valence-electron chi connectivity index (χ4n) is 3.88. The van der Waals surface area contributed by atoms with Gasteiger partial charge in [0.2, 0.25) is 15.9 Å². The van der Waals surface area contributed by atoms with Gasteiger partial charge >= 0.3 is 6.18 Å². The molecule has 0 bridgehead atoms. The van der Waals surface area contributed by atoms with Gasteiger partial charge in [-0.25, -0.2) is 8.42 Å². The number of benzene rings is 2. The van der Waals surface area contributed by atoms with Crippen LogP contribution in [0.4, 0.5) is 13.2 Å². The van der Waals surface area contributed by atoms with E-state index in [1.54, 1.807) is 4.90 Å². The lowest BCUT2D eigenvalue weighted by Crippen LogP contribution is -2.52. The number of ether oxygens (including phenoxy) is 1. The molecule has 0 aliphatic carbocycles. The molecule has 166 valence electrons.